The SMILES string of the molecule is CC.CC.CC(C)N(CC1CC(C)N(C)[C@@H]1C)C(C)C. The highest BCUT2D eigenvalue weighted by Gasteiger charge is 2.35. The first-order chi connectivity index (χ1) is 9.34. The van der Waals surface area contributed by atoms with E-state index in [9.17, 15) is 0 Å². The molecule has 124 valence electrons. The minimum absolute atomic E-state index is 0.661. The zero-order valence-electron chi connectivity index (χ0n) is 16.2. The standard InChI is InChI=1S/C14H30N2.2C2H6/c1-10(2)16(11(3)4)9-14-8-12(5)15(7)13(14)6;2*1-2/h10-14H,8-9H2,1-7H3;2*1-2H3/t12?,13-,14?;;/m1../s1. The summed E-state index contributed by atoms with van der Waals surface area (Å²) in [6.07, 6.45) is 1.35. The summed E-state index contributed by atoms with van der Waals surface area (Å²) in [5.74, 6) is 0.838. The van der Waals surface area contributed by atoms with Crippen molar-refractivity contribution in [2.24, 2.45) is 5.92 Å². The van der Waals surface area contributed by atoms with Crippen LogP contribution >= 0.6 is 0 Å². The molecule has 0 saturated carbocycles. The molecule has 0 amide bonds. The molecule has 1 fully saturated rings. The zero-order valence-corrected chi connectivity index (χ0v) is 16.2. The molecule has 0 aromatic heterocycles. The van der Waals surface area contributed by atoms with Crippen LogP contribution in [0.2, 0.25) is 0 Å². The van der Waals surface area contributed by atoms with Crippen LogP contribution in [-0.4, -0.2) is 47.6 Å². The molecular formula is C18H42N2. The van der Waals surface area contributed by atoms with E-state index in [0.717, 1.165) is 18.0 Å². The highest BCUT2D eigenvalue weighted by atomic mass is 15.2. The summed E-state index contributed by atoms with van der Waals surface area (Å²) in [5.41, 5.74) is 0. The molecule has 0 N–H and O–H groups in total. The van der Waals surface area contributed by atoms with Gasteiger partial charge in [0.1, 0.15) is 0 Å². The lowest BCUT2D eigenvalue weighted by Gasteiger charge is -2.34. The van der Waals surface area contributed by atoms with Crippen molar-refractivity contribution in [2.75, 3.05) is 13.6 Å². The number of hydrogen-bond donors (Lipinski definition) is 0. The molecule has 0 bridgehead atoms. The van der Waals surface area contributed by atoms with Crippen LogP contribution in [-0.2, 0) is 0 Å². The third-order valence-electron chi connectivity index (χ3n) is 4.44. The van der Waals surface area contributed by atoms with Crippen LogP contribution < -0.4 is 0 Å². The molecule has 0 spiro atoms. The first kappa shape index (κ1) is 22.2. The molecule has 0 aliphatic carbocycles. The van der Waals surface area contributed by atoms with E-state index in [4.69, 9.17) is 0 Å². The first-order valence-corrected chi connectivity index (χ1v) is 8.82. The number of likely N-dealkylation sites (tertiary alicyclic amines) is 1. The molecule has 2 nitrogen and oxygen atoms in total. The average Bonchev–Trinajstić information content (AvgIpc) is 2.67. The van der Waals surface area contributed by atoms with Crippen LogP contribution in [0.1, 0.15) is 75.7 Å². The van der Waals surface area contributed by atoms with Crippen molar-refractivity contribution in [2.45, 2.75) is 99.8 Å². The van der Waals surface area contributed by atoms with Gasteiger partial charge in [-0.15, -0.1) is 0 Å². The van der Waals surface area contributed by atoms with Gasteiger partial charge in [-0.3, -0.25) is 4.90 Å². The highest BCUT2D eigenvalue weighted by Crippen LogP contribution is 2.29. The lowest BCUT2D eigenvalue weighted by atomic mass is 9.98. The Morgan fingerprint density at radius 3 is 1.60 bits per heavy atom. The Labute approximate surface area is 129 Å². The predicted molar refractivity (Wildman–Crippen MR) is 94.5 cm³/mol. The van der Waals surface area contributed by atoms with E-state index in [-0.39, 0.29) is 0 Å². The lowest BCUT2D eigenvalue weighted by Crippen LogP contribution is -2.42. The van der Waals surface area contributed by atoms with E-state index < -0.39 is 0 Å². The topological polar surface area (TPSA) is 6.48 Å². The Kier molecular flexibility index (Phi) is 12.8. The lowest BCUT2D eigenvalue weighted by molar-refractivity contribution is 0.133. The smallest absolute Gasteiger partial charge is 0.0108 e. The van der Waals surface area contributed by atoms with Crippen LogP contribution in [0.3, 0.4) is 0 Å². The Balaban J connectivity index is 0. The van der Waals surface area contributed by atoms with Gasteiger partial charge in [0.15, 0.2) is 0 Å². The Morgan fingerprint density at radius 2 is 1.35 bits per heavy atom. The maximum Gasteiger partial charge on any atom is 0.0108 e. The second-order valence-corrected chi connectivity index (χ2v) is 6.14. The first-order valence-electron chi connectivity index (χ1n) is 8.82. The monoisotopic (exact) mass is 286 g/mol. The van der Waals surface area contributed by atoms with Gasteiger partial charge in [0.2, 0.25) is 0 Å². The van der Waals surface area contributed by atoms with E-state index in [1.165, 1.54) is 13.0 Å². The largest absolute Gasteiger partial charge is 0.301 e. The molecule has 20 heavy (non-hydrogen) atoms. The summed E-state index contributed by atoms with van der Waals surface area (Å²) in [6, 6.07) is 2.80. The van der Waals surface area contributed by atoms with Crippen molar-refractivity contribution < 1.29 is 0 Å². The molecule has 3 atom stereocenters. The van der Waals surface area contributed by atoms with Crippen molar-refractivity contribution >= 4 is 0 Å². The van der Waals surface area contributed by atoms with E-state index >= 15 is 0 Å². The van der Waals surface area contributed by atoms with Crippen molar-refractivity contribution in [3.05, 3.63) is 0 Å². The van der Waals surface area contributed by atoms with E-state index in [2.05, 4.69) is 58.4 Å². The molecule has 1 heterocycles. The minimum atomic E-state index is 0.661. The molecule has 2 heteroatoms. The van der Waals surface area contributed by atoms with Gasteiger partial charge in [-0.25, -0.2) is 0 Å². The third-order valence-corrected chi connectivity index (χ3v) is 4.44. The average molecular weight is 287 g/mol. The van der Waals surface area contributed by atoms with Gasteiger partial charge < -0.3 is 4.90 Å². The second-order valence-electron chi connectivity index (χ2n) is 6.14. The zero-order chi connectivity index (χ0) is 16.5. The van der Waals surface area contributed by atoms with Crippen LogP contribution in [0.4, 0.5) is 0 Å². The van der Waals surface area contributed by atoms with Crippen molar-refractivity contribution in [3.63, 3.8) is 0 Å². The fraction of sp³-hybridized carbons (Fsp3) is 1.00. The van der Waals surface area contributed by atoms with E-state index in [1.807, 2.05) is 27.7 Å². The molecule has 1 rings (SSSR count). The molecule has 0 aromatic rings. The second kappa shape index (κ2) is 11.6. The summed E-state index contributed by atoms with van der Waals surface area (Å²) in [5, 5.41) is 0. The number of nitrogens with zero attached hydrogens (tertiary/aromatic N) is 2. The van der Waals surface area contributed by atoms with Gasteiger partial charge in [-0.05, 0) is 60.9 Å². The maximum atomic E-state index is 2.63. The van der Waals surface area contributed by atoms with Crippen LogP contribution in [0, 0.1) is 5.92 Å². The van der Waals surface area contributed by atoms with Crippen LogP contribution in [0.15, 0.2) is 0 Å². The minimum Gasteiger partial charge on any atom is -0.301 e. The molecule has 2 unspecified atom stereocenters. The number of rotatable bonds is 4. The summed E-state index contributed by atoms with van der Waals surface area (Å²) < 4.78 is 0. The molecule has 0 radical (unpaired) electrons. The molecule has 0 aromatic carbocycles. The third kappa shape index (κ3) is 6.58. The van der Waals surface area contributed by atoms with Crippen LogP contribution in [0.5, 0.6) is 0 Å². The Morgan fingerprint density at radius 1 is 0.950 bits per heavy atom. The fourth-order valence-electron chi connectivity index (χ4n) is 3.05. The van der Waals surface area contributed by atoms with Gasteiger partial charge in [0, 0.05) is 30.7 Å². The molecule has 1 aliphatic rings. The quantitative estimate of drug-likeness (QED) is 0.726. The van der Waals surface area contributed by atoms with Gasteiger partial charge in [-0.1, -0.05) is 27.7 Å². The summed E-state index contributed by atoms with van der Waals surface area (Å²) in [4.78, 5) is 5.16. The van der Waals surface area contributed by atoms with Gasteiger partial charge >= 0.3 is 0 Å². The molecule has 1 saturated heterocycles. The Bertz CT molecular complexity index is 205. The highest BCUT2D eigenvalue weighted by molar-refractivity contribution is 4.89. The summed E-state index contributed by atoms with van der Waals surface area (Å²) in [6.45, 7) is 23.2. The van der Waals surface area contributed by atoms with Gasteiger partial charge in [-0.2, -0.15) is 0 Å². The van der Waals surface area contributed by atoms with Crippen molar-refractivity contribution in [1.29, 1.82) is 0 Å². The molecule has 1 aliphatic heterocycles. The van der Waals surface area contributed by atoms with Crippen LogP contribution in [0.25, 0.3) is 0 Å². The van der Waals surface area contributed by atoms with Crippen molar-refractivity contribution in [1.82, 2.24) is 9.80 Å². The normalized spacial score (nSPS) is 26.4. The number of hydrogen-bond acceptors (Lipinski definition) is 2. The Hall–Kier alpha value is -0.0800. The van der Waals surface area contributed by atoms with E-state index in [1.54, 1.807) is 0 Å². The van der Waals surface area contributed by atoms with E-state index in [0.29, 0.717) is 12.1 Å². The van der Waals surface area contributed by atoms with Gasteiger partial charge in [0.25, 0.3) is 0 Å². The fourth-order valence-corrected chi connectivity index (χ4v) is 3.05. The summed E-state index contributed by atoms with van der Waals surface area (Å²) >= 11 is 0. The maximum absolute atomic E-state index is 2.63. The van der Waals surface area contributed by atoms with Crippen molar-refractivity contribution in [3.8, 4) is 0 Å². The summed E-state index contributed by atoms with van der Waals surface area (Å²) in [7, 11) is 2.27. The van der Waals surface area contributed by atoms with Gasteiger partial charge in [0.05, 0.1) is 0 Å². The molecular weight excluding hydrogens is 244 g/mol. The predicted octanol–water partition coefficient (Wildman–Crippen LogP) is 4.89.